The van der Waals surface area contributed by atoms with E-state index in [1.807, 2.05) is 0 Å². The van der Waals surface area contributed by atoms with E-state index in [1.54, 1.807) is 22.7 Å². The molecule has 3 rings (SSSR count). The molecular formula is C22H24N2O5S2. The predicted molar refractivity (Wildman–Crippen MR) is 119 cm³/mol. The molecule has 0 spiro atoms. The first kappa shape index (κ1) is 24.3. The van der Waals surface area contributed by atoms with E-state index in [4.69, 9.17) is 24.6 Å². The summed E-state index contributed by atoms with van der Waals surface area (Å²) in [5, 5.41) is 31.4. The Balaban J connectivity index is 0.000000501. The van der Waals surface area contributed by atoms with Crippen molar-refractivity contribution in [2.45, 2.75) is 19.4 Å². The Morgan fingerprint density at radius 3 is 2.16 bits per heavy atom. The van der Waals surface area contributed by atoms with E-state index in [0.717, 1.165) is 29.8 Å². The topological polar surface area (TPSA) is 116 Å². The minimum atomic E-state index is -2.07. The largest absolute Gasteiger partial charge is 0.539 e. The molecule has 1 atom stereocenters. The molecule has 0 aliphatic heterocycles. The van der Waals surface area contributed by atoms with Gasteiger partial charge in [0.05, 0.1) is 6.04 Å². The third-order valence-corrected chi connectivity index (χ3v) is 5.46. The van der Waals surface area contributed by atoms with Gasteiger partial charge < -0.3 is 25.2 Å². The van der Waals surface area contributed by atoms with E-state index in [1.165, 1.54) is 5.56 Å². The predicted octanol–water partition coefficient (Wildman–Crippen LogP) is 1.59. The highest BCUT2D eigenvalue weighted by atomic mass is 32.1. The van der Waals surface area contributed by atoms with Crippen LogP contribution in [0.4, 0.5) is 0 Å². The fourth-order valence-electron chi connectivity index (χ4n) is 2.66. The summed E-state index contributed by atoms with van der Waals surface area (Å²) in [4.78, 5) is 23.6. The second kappa shape index (κ2) is 13.3. The minimum absolute atomic E-state index is 0.531. The lowest BCUT2D eigenvalue weighted by Gasteiger charge is -2.10. The van der Waals surface area contributed by atoms with Crippen LogP contribution in [0.5, 0.6) is 0 Å². The summed E-state index contributed by atoms with van der Waals surface area (Å²) < 4.78 is 0. The van der Waals surface area contributed by atoms with Gasteiger partial charge in [0.15, 0.2) is 12.6 Å². The normalized spacial score (nSPS) is 11.0. The van der Waals surface area contributed by atoms with E-state index in [0.29, 0.717) is 12.6 Å². The molecule has 0 bridgehead atoms. The summed E-state index contributed by atoms with van der Waals surface area (Å²) in [6.45, 7) is 3.76. The minimum Gasteiger partial charge on any atom is -0.539 e. The number of oxime groups is 1. The van der Waals surface area contributed by atoms with Crippen LogP contribution in [0.1, 0.15) is 23.6 Å². The van der Waals surface area contributed by atoms with Gasteiger partial charge in [0.1, 0.15) is 12.3 Å². The maximum absolute atomic E-state index is 9.04. The zero-order valence-corrected chi connectivity index (χ0v) is 18.6. The van der Waals surface area contributed by atoms with Crippen LogP contribution in [0.2, 0.25) is 0 Å². The van der Waals surface area contributed by atoms with Crippen molar-refractivity contribution in [1.82, 2.24) is 0 Å². The van der Waals surface area contributed by atoms with E-state index in [2.05, 4.69) is 81.4 Å². The van der Waals surface area contributed by atoms with Crippen molar-refractivity contribution in [2.24, 2.45) is 5.16 Å². The van der Waals surface area contributed by atoms with Crippen LogP contribution in [0, 0.1) is 0 Å². The zero-order chi connectivity index (χ0) is 22.5. The number of thiophene rings is 2. The average Bonchev–Trinajstić information content (AvgIpc) is 3.46. The van der Waals surface area contributed by atoms with Gasteiger partial charge in [0, 0.05) is 28.3 Å². The Morgan fingerprint density at radius 2 is 1.68 bits per heavy atom. The van der Waals surface area contributed by atoms with Crippen LogP contribution in [-0.2, 0) is 20.8 Å². The van der Waals surface area contributed by atoms with Gasteiger partial charge in [-0.1, -0.05) is 35.5 Å². The van der Waals surface area contributed by atoms with E-state index < -0.39 is 11.9 Å². The van der Waals surface area contributed by atoms with Gasteiger partial charge in [0.2, 0.25) is 0 Å². The number of quaternary nitrogens is 1. The lowest BCUT2D eigenvalue weighted by Crippen LogP contribution is -2.90. The summed E-state index contributed by atoms with van der Waals surface area (Å²) >= 11 is 3.35. The summed E-state index contributed by atoms with van der Waals surface area (Å²) in [5.41, 5.74) is 4.52. The van der Waals surface area contributed by atoms with Crippen LogP contribution in [0.25, 0.3) is 0 Å². The third kappa shape index (κ3) is 9.12. The van der Waals surface area contributed by atoms with Crippen molar-refractivity contribution in [3.8, 4) is 0 Å². The van der Waals surface area contributed by atoms with Crippen LogP contribution in [0.15, 0.2) is 69.1 Å². The lowest BCUT2D eigenvalue weighted by molar-refractivity contribution is -0.687. The summed E-state index contributed by atoms with van der Waals surface area (Å²) in [6.07, 6.45) is 1.07. The van der Waals surface area contributed by atoms with Crippen molar-refractivity contribution in [3.63, 3.8) is 0 Å². The Labute approximate surface area is 188 Å². The molecular weight excluding hydrogens is 436 g/mol. The first-order valence-electron chi connectivity index (χ1n) is 9.54. The molecule has 3 aromatic rings. The lowest BCUT2D eigenvalue weighted by atomic mass is 10.1. The number of carboxylic acid groups (broad SMARTS) is 2. The van der Waals surface area contributed by atoms with Gasteiger partial charge in [-0.15, -0.1) is 0 Å². The number of nitrogens with zero attached hydrogens (tertiary/aromatic N) is 1. The Hall–Kier alpha value is -3.01. The molecule has 2 heterocycles. The molecule has 9 heteroatoms. The third-order valence-electron chi connectivity index (χ3n) is 4.10. The smallest absolute Gasteiger partial charge is 0.351 e. The van der Waals surface area contributed by atoms with Crippen molar-refractivity contribution in [1.29, 1.82) is 0 Å². The van der Waals surface area contributed by atoms with Gasteiger partial charge in [-0.3, -0.25) is 0 Å². The number of benzene rings is 1. The van der Waals surface area contributed by atoms with Gasteiger partial charge in [-0.2, -0.15) is 22.7 Å². The van der Waals surface area contributed by atoms with Gasteiger partial charge in [-0.25, -0.2) is 4.79 Å². The van der Waals surface area contributed by atoms with Gasteiger partial charge in [0.25, 0.3) is 0 Å². The van der Waals surface area contributed by atoms with E-state index in [9.17, 15) is 0 Å². The van der Waals surface area contributed by atoms with Gasteiger partial charge >= 0.3 is 5.97 Å². The zero-order valence-electron chi connectivity index (χ0n) is 17.0. The maximum Gasteiger partial charge on any atom is 0.351 e. The van der Waals surface area contributed by atoms with Crippen LogP contribution >= 0.6 is 22.7 Å². The molecule has 7 nitrogen and oxygen atoms in total. The molecule has 0 amide bonds. The second-order valence-electron chi connectivity index (χ2n) is 6.58. The molecule has 1 aromatic carbocycles. The molecule has 3 N–H and O–H groups in total. The SMILES string of the molecule is CC(Cc1ccccc1)[NH2+]CCON=C(c1ccsc1)c1ccsc1.O=C([O-])C(=O)O. The number of carbonyl (C=O) groups excluding carboxylic acids is 1. The Kier molecular flexibility index (Phi) is 10.4. The fourth-order valence-corrected chi connectivity index (χ4v) is 3.94. The highest BCUT2D eigenvalue weighted by Gasteiger charge is 2.10. The fraction of sp³-hybridized carbons (Fsp3) is 0.227. The summed E-state index contributed by atoms with van der Waals surface area (Å²) in [7, 11) is 0. The maximum atomic E-state index is 9.04. The van der Waals surface area contributed by atoms with Crippen molar-refractivity contribution in [3.05, 3.63) is 80.7 Å². The molecule has 0 aliphatic rings. The van der Waals surface area contributed by atoms with E-state index in [-0.39, 0.29) is 0 Å². The molecule has 1 unspecified atom stereocenters. The Bertz CT molecular complexity index is 893. The summed E-state index contributed by atoms with van der Waals surface area (Å²) in [6, 6.07) is 15.3. The molecule has 0 saturated heterocycles. The van der Waals surface area contributed by atoms with Crippen molar-refractivity contribution in [2.75, 3.05) is 13.2 Å². The first-order chi connectivity index (χ1) is 15.0. The molecule has 164 valence electrons. The van der Waals surface area contributed by atoms with Crippen LogP contribution < -0.4 is 10.4 Å². The molecule has 0 fully saturated rings. The van der Waals surface area contributed by atoms with Crippen LogP contribution in [-0.4, -0.2) is 42.0 Å². The molecule has 0 aliphatic carbocycles. The number of nitrogens with two attached hydrogens (primary N) is 1. The highest BCUT2D eigenvalue weighted by Crippen LogP contribution is 2.16. The monoisotopic (exact) mass is 460 g/mol. The second-order valence-corrected chi connectivity index (χ2v) is 8.14. The average molecular weight is 461 g/mol. The Morgan fingerprint density at radius 1 is 1.10 bits per heavy atom. The number of hydrogen-bond donors (Lipinski definition) is 2. The summed E-state index contributed by atoms with van der Waals surface area (Å²) in [5.74, 6) is -4.01. The molecule has 31 heavy (non-hydrogen) atoms. The van der Waals surface area contributed by atoms with E-state index >= 15 is 0 Å². The number of aliphatic carboxylic acids is 2. The quantitative estimate of drug-likeness (QED) is 0.218. The molecule has 0 radical (unpaired) electrons. The standard InChI is InChI=1S/C20H22N2OS2.C2H2O4/c1-16(13-17-5-3-2-4-6-17)21-9-10-23-22-20(18-7-11-24-14-18)19-8-12-25-15-19;3-1(4)2(5)6/h2-8,11-12,14-16,21H,9-10,13H2,1H3;(H,3,4)(H,5,6). The number of carboxylic acids is 2. The highest BCUT2D eigenvalue weighted by molar-refractivity contribution is 7.08. The number of carbonyl (C=O) groups is 2. The molecule has 0 saturated carbocycles. The van der Waals surface area contributed by atoms with Crippen LogP contribution in [0.3, 0.4) is 0 Å². The number of hydrogen-bond acceptors (Lipinski definition) is 7. The number of rotatable bonds is 9. The van der Waals surface area contributed by atoms with Gasteiger partial charge in [-0.05, 0) is 35.4 Å². The first-order valence-corrected chi connectivity index (χ1v) is 11.4. The van der Waals surface area contributed by atoms with Crippen molar-refractivity contribution >= 4 is 40.3 Å². The molecule has 2 aromatic heterocycles. The van der Waals surface area contributed by atoms with Crippen molar-refractivity contribution < 1.29 is 30.0 Å².